The predicted octanol–water partition coefficient (Wildman–Crippen LogP) is 1.45. The van der Waals surface area contributed by atoms with Gasteiger partial charge in [0.25, 0.3) is 0 Å². The van der Waals surface area contributed by atoms with Crippen molar-refractivity contribution in [1.82, 2.24) is 0 Å². The van der Waals surface area contributed by atoms with Crippen molar-refractivity contribution < 1.29 is 29.9 Å². The minimum Gasteiger partial charge on any atom is -0.491 e. The van der Waals surface area contributed by atoms with E-state index in [-0.39, 0.29) is 26.4 Å². The summed E-state index contributed by atoms with van der Waals surface area (Å²) in [6, 6.07) is 15.1. The number of benzene rings is 2. The third-order valence-electron chi connectivity index (χ3n) is 3.47. The maximum atomic E-state index is 9.04. The number of aliphatic hydroxyl groups excluding tert-OH is 4. The number of aliphatic hydroxyl groups is 4. The Morgan fingerprint density at radius 3 is 1.35 bits per heavy atom. The van der Waals surface area contributed by atoms with E-state index in [1.54, 1.807) is 0 Å². The fourth-order valence-corrected chi connectivity index (χ4v) is 1.91. The molecule has 0 aliphatic carbocycles. The van der Waals surface area contributed by atoms with Gasteiger partial charge in [0.1, 0.15) is 36.9 Å². The Labute approximate surface area is 154 Å². The molecule has 0 unspecified atom stereocenters. The van der Waals surface area contributed by atoms with Gasteiger partial charge in [-0.25, -0.2) is 0 Å². The summed E-state index contributed by atoms with van der Waals surface area (Å²) >= 11 is 0. The summed E-state index contributed by atoms with van der Waals surface area (Å²) in [7, 11) is 0. The molecule has 0 amide bonds. The molecule has 26 heavy (non-hydrogen) atoms. The molecule has 6 heteroatoms. The summed E-state index contributed by atoms with van der Waals surface area (Å²) in [5.41, 5.74) is 2.04. The van der Waals surface area contributed by atoms with Crippen molar-refractivity contribution in [1.29, 1.82) is 0 Å². The van der Waals surface area contributed by atoms with E-state index in [1.807, 2.05) is 62.4 Å². The Morgan fingerprint density at radius 1 is 0.692 bits per heavy atom. The van der Waals surface area contributed by atoms with Crippen molar-refractivity contribution in [2.75, 3.05) is 26.4 Å². The van der Waals surface area contributed by atoms with E-state index in [0.717, 1.165) is 22.6 Å². The summed E-state index contributed by atoms with van der Waals surface area (Å²) < 4.78 is 10.6. The van der Waals surface area contributed by atoms with E-state index in [1.165, 1.54) is 0 Å². The molecule has 0 fully saturated rings. The normalized spacial score (nSPS) is 12.5. The van der Waals surface area contributed by atoms with Crippen LogP contribution in [0.25, 0.3) is 0 Å². The number of ether oxygens (including phenoxy) is 2. The van der Waals surface area contributed by atoms with Gasteiger partial charge in [0.05, 0.1) is 13.2 Å². The first kappa shape index (κ1) is 21.9. The monoisotopic (exact) mass is 364 g/mol. The fourth-order valence-electron chi connectivity index (χ4n) is 1.91. The molecule has 4 N–H and O–H groups in total. The van der Waals surface area contributed by atoms with Gasteiger partial charge in [-0.2, -0.15) is 0 Å². The molecule has 2 aromatic rings. The van der Waals surface area contributed by atoms with Crippen molar-refractivity contribution in [3.63, 3.8) is 0 Å². The Hall–Kier alpha value is -2.12. The van der Waals surface area contributed by atoms with Crippen molar-refractivity contribution in [3.8, 4) is 11.5 Å². The quantitative estimate of drug-likeness (QED) is 0.566. The van der Waals surface area contributed by atoms with Crippen LogP contribution in [0.3, 0.4) is 0 Å². The third kappa shape index (κ3) is 8.31. The number of hydrogen-bond acceptors (Lipinski definition) is 6. The lowest BCUT2D eigenvalue weighted by Gasteiger charge is -2.11. The van der Waals surface area contributed by atoms with Gasteiger partial charge in [-0.3, -0.25) is 0 Å². The molecule has 0 spiro atoms. The molecule has 2 rings (SSSR count). The summed E-state index contributed by atoms with van der Waals surface area (Å²) in [4.78, 5) is 0. The van der Waals surface area contributed by atoms with Gasteiger partial charge in [0.2, 0.25) is 0 Å². The Balaban J connectivity index is 0.000000260. The Morgan fingerprint density at radius 2 is 1.04 bits per heavy atom. The SMILES string of the molecule is Cc1ccccc1OC[C@H](O)CO.Cc1ccccc1OC[C@H](O)CO. The maximum absolute atomic E-state index is 9.04. The van der Waals surface area contributed by atoms with Gasteiger partial charge in [-0.15, -0.1) is 0 Å². The zero-order valence-electron chi connectivity index (χ0n) is 15.2. The molecular weight excluding hydrogens is 336 g/mol. The minimum absolute atomic E-state index is 0.126. The number of para-hydroxylation sites is 2. The predicted molar refractivity (Wildman–Crippen MR) is 99.5 cm³/mol. The molecule has 0 bridgehead atoms. The van der Waals surface area contributed by atoms with Crippen LogP contribution >= 0.6 is 0 Å². The van der Waals surface area contributed by atoms with Crippen LogP contribution in [0.5, 0.6) is 11.5 Å². The van der Waals surface area contributed by atoms with Gasteiger partial charge in [0, 0.05) is 0 Å². The van der Waals surface area contributed by atoms with Crippen molar-refractivity contribution in [2.45, 2.75) is 26.1 Å². The molecule has 0 radical (unpaired) electrons. The zero-order chi connectivity index (χ0) is 19.4. The van der Waals surface area contributed by atoms with E-state index >= 15 is 0 Å². The standard InChI is InChI=1S/2C10H14O3/c2*1-8-4-2-3-5-10(8)13-7-9(12)6-11/h2*2-5,9,11-12H,6-7H2,1H3/t2*9-/m11/s1. The van der Waals surface area contributed by atoms with Gasteiger partial charge >= 0.3 is 0 Å². The first-order valence-corrected chi connectivity index (χ1v) is 8.42. The molecule has 0 saturated heterocycles. The average molecular weight is 364 g/mol. The molecule has 6 nitrogen and oxygen atoms in total. The van der Waals surface area contributed by atoms with Gasteiger partial charge < -0.3 is 29.9 Å². The molecular formula is C20H28O6. The van der Waals surface area contributed by atoms with Crippen LogP contribution in [0.4, 0.5) is 0 Å². The first-order chi connectivity index (χ1) is 12.5. The first-order valence-electron chi connectivity index (χ1n) is 8.42. The molecule has 0 aliphatic rings. The molecule has 2 aromatic carbocycles. The molecule has 144 valence electrons. The van der Waals surface area contributed by atoms with Crippen molar-refractivity contribution in [3.05, 3.63) is 59.7 Å². The van der Waals surface area contributed by atoms with Gasteiger partial charge in [-0.1, -0.05) is 36.4 Å². The second-order valence-electron chi connectivity index (χ2n) is 5.83. The lowest BCUT2D eigenvalue weighted by Crippen LogP contribution is -2.21. The van der Waals surface area contributed by atoms with Crippen LogP contribution in [-0.2, 0) is 0 Å². The lowest BCUT2D eigenvalue weighted by atomic mass is 10.2. The largest absolute Gasteiger partial charge is 0.491 e. The summed E-state index contributed by atoms with van der Waals surface area (Å²) in [5.74, 6) is 1.49. The zero-order valence-corrected chi connectivity index (χ0v) is 15.2. The highest BCUT2D eigenvalue weighted by Gasteiger charge is 2.04. The van der Waals surface area contributed by atoms with Gasteiger partial charge in [-0.05, 0) is 37.1 Å². The molecule has 2 atom stereocenters. The summed E-state index contributed by atoms with van der Waals surface area (Å²) in [6.07, 6.45) is -1.61. The minimum atomic E-state index is -0.806. The maximum Gasteiger partial charge on any atom is 0.122 e. The molecule has 0 saturated carbocycles. The van der Waals surface area contributed by atoms with Crippen LogP contribution < -0.4 is 9.47 Å². The highest BCUT2D eigenvalue weighted by molar-refractivity contribution is 5.32. The van der Waals surface area contributed by atoms with Crippen LogP contribution in [-0.4, -0.2) is 59.1 Å². The fraction of sp³-hybridized carbons (Fsp3) is 0.400. The second-order valence-corrected chi connectivity index (χ2v) is 5.83. The topological polar surface area (TPSA) is 99.4 Å². The molecule has 0 heterocycles. The number of aryl methyl sites for hydroxylation is 2. The Bertz CT molecular complexity index is 576. The van der Waals surface area contributed by atoms with E-state index in [9.17, 15) is 0 Å². The molecule has 0 aromatic heterocycles. The van der Waals surface area contributed by atoms with E-state index in [2.05, 4.69) is 0 Å². The van der Waals surface area contributed by atoms with E-state index in [4.69, 9.17) is 29.9 Å². The van der Waals surface area contributed by atoms with Gasteiger partial charge in [0.15, 0.2) is 0 Å². The van der Waals surface area contributed by atoms with E-state index in [0.29, 0.717) is 0 Å². The van der Waals surface area contributed by atoms with Crippen LogP contribution in [0.15, 0.2) is 48.5 Å². The van der Waals surface area contributed by atoms with Crippen LogP contribution in [0, 0.1) is 13.8 Å². The highest BCUT2D eigenvalue weighted by Crippen LogP contribution is 2.16. The van der Waals surface area contributed by atoms with Crippen LogP contribution in [0.1, 0.15) is 11.1 Å². The smallest absolute Gasteiger partial charge is 0.122 e. The summed E-state index contributed by atoms with van der Waals surface area (Å²) in [6.45, 7) is 3.57. The lowest BCUT2D eigenvalue weighted by molar-refractivity contribution is 0.0534. The average Bonchev–Trinajstić information content (AvgIpc) is 2.66. The second kappa shape index (κ2) is 12.3. The van der Waals surface area contributed by atoms with E-state index < -0.39 is 12.2 Å². The molecule has 0 aliphatic heterocycles. The highest BCUT2D eigenvalue weighted by atomic mass is 16.5. The third-order valence-corrected chi connectivity index (χ3v) is 3.47. The van der Waals surface area contributed by atoms with Crippen molar-refractivity contribution in [2.24, 2.45) is 0 Å². The van der Waals surface area contributed by atoms with Crippen molar-refractivity contribution >= 4 is 0 Å². The number of hydrogen-bond donors (Lipinski definition) is 4. The number of rotatable bonds is 8. The van der Waals surface area contributed by atoms with Crippen LogP contribution in [0.2, 0.25) is 0 Å². The summed E-state index contributed by atoms with van der Waals surface area (Å²) in [5, 5.41) is 35.2. The Kier molecular flexibility index (Phi) is 10.3.